The summed E-state index contributed by atoms with van der Waals surface area (Å²) < 4.78 is 13.7. The van der Waals surface area contributed by atoms with Gasteiger partial charge < -0.3 is 25.5 Å². The first-order valence-electron chi connectivity index (χ1n) is 6.66. The Hall–Kier alpha value is -1.77. The van der Waals surface area contributed by atoms with E-state index in [1.165, 1.54) is 6.33 Å². The predicted octanol–water partition coefficient (Wildman–Crippen LogP) is -0.678. The fourth-order valence-corrected chi connectivity index (χ4v) is 3.11. The van der Waals surface area contributed by atoms with Crippen LogP contribution in [0.25, 0.3) is 11.2 Å². The van der Waals surface area contributed by atoms with E-state index in [0.29, 0.717) is 36.7 Å². The van der Waals surface area contributed by atoms with Gasteiger partial charge in [0, 0.05) is 5.92 Å². The first-order valence-corrected chi connectivity index (χ1v) is 6.66. The maximum absolute atomic E-state index is 5.87. The second kappa shape index (κ2) is 4.37. The third kappa shape index (κ3) is 1.55. The summed E-state index contributed by atoms with van der Waals surface area (Å²) in [6.45, 7) is 1.79. The van der Waals surface area contributed by atoms with E-state index in [9.17, 15) is 0 Å². The van der Waals surface area contributed by atoms with E-state index in [0.717, 1.165) is 0 Å². The molecule has 2 aliphatic rings. The molecule has 4 atom stereocenters. The Bertz CT molecular complexity index is 644. The molecule has 2 aliphatic heterocycles. The Morgan fingerprint density at radius 3 is 2.90 bits per heavy atom. The number of imidazole rings is 1. The third-order valence-corrected chi connectivity index (χ3v) is 4.18. The van der Waals surface area contributed by atoms with Crippen LogP contribution in [0.3, 0.4) is 0 Å². The molecular formula is C12H16N6O2. The molecule has 2 fully saturated rings. The molecule has 0 bridgehead atoms. The highest BCUT2D eigenvalue weighted by atomic mass is 16.6. The van der Waals surface area contributed by atoms with Crippen molar-refractivity contribution < 1.29 is 9.47 Å². The van der Waals surface area contributed by atoms with Crippen LogP contribution in [0.5, 0.6) is 0 Å². The normalized spacial score (nSPS) is 32.9. The van der Waals surface area contributed by atoms with Crippen LogP contribution in [-0.4, -0.2) is 51.5 Å². The van der Waals surface area contributed by atoms with Crippen LogP contribution >= 0.6 is 0 Å². The lowest BCUT2D eigenvalue weighted by molar-refractivity contribution is 0.0618. The second-order valence-corrected chi connectivity index (χ2v) is 5.24. The highest BCUT2D eigenvalue weighted by molar-refractivity contribution is 5.81. The topological polar surface area (TPSA) is 114 Å². The van der Waals surface area contributed by atoms with Gasteiger partial charge >= 0.3 is 0 Å². The lowest BCUT2D eigenvalue weighted by atomic mass is 10.0. The number of anilines is 1. The number of rotatable bonds is 2. The van der Waals surface area contributed by atoms with Gasteiger partial charge in [-0.05, 0) is 6.54 Å². The van der Waals surface area contributed by atoms with Crippen molar-refractivity contribution >= 4 is 17.0 Å². The zero-order chi connectivity index (χ0) is 13.7. The number of nitrogens with two attached hydrogens (primary N) is 2. The van der Waals surface area contributed by atoms with Gasteiger partial charge in [0.05, 0.1) is 31.7 Å². The zero-order valence-electron chi connectivity index (χ0n) is 10.8. The Kier molecular flexibility index (Phi) is 2.62. The highest BCUT2D eigenvalue weighted by Gasteiger charge is 2.48. The van der Waals surface area contributed by atoms with Crippen LogP contribution < -0.4 is 11.5 Å². The third-order valence-electron chi connectivity index (χ3n) is 4.18. The Morgan fingerprint density at radius 2 is 2.05 bits per heavy atom. The molecule has 106 valence electrons. The molecule has 20 heavy (non-hydrogen) atoms. The van der Waals surface area contributed by atoms with Gasteiger partial charge in [0.25, 0.3) is 0 Å². The fraction of sp³-hybridized carbons (Fsp3) is 0.583. The van der Waals surface area contributed by atoms with Gasteiger partial charge in [-0.1, -0.05) is 0 Å². The molecular weight excluding hydrogens is 260 g/mol. The van der Waals surface area contributed by atoms with E-state index in [1.807, 2.05) is 4.57 Å². The molecule has 2 saturated heterocycles. The van der Waals surface area contributed by atoms with Gasteiger partial charge in [-0.3, -0.25) is 0 Å². The first kappa shape index (κ1) is 12.0. The van der Waals surface area contributed by atoms with Crippen molar-refractivity contribution in [3.8, 4) is 0 Å². The SMILES string of the molecule is NC[C@@H]1CO[C@H]2[C@@H]1OC[C@@H]2n1cnc2c(N)ncnc21. The molecule has 4 heterocycles. The lowest BCUT2D eigenvalue weighted by Gasteiger charge is -2.17. The largest absolute Gasteiger partial charge is 0.382 e. The number of nitrogens with zero attached hydrogens (tertiary/aromatic N) is 4. The van der Waals surface area contributed by atoms with E-state index in [1.54, 1.807) is 6.33 Å². The summed E-state index contributed by atoms with van der Waals surface area (Å²) >= 11 is 0. The predicted molar refractivity (Wildman–Crippen MR) is 70.8 cm³/mol. The lowest BCUT2D eigenvalue weighted by Crippen LogP contribution is -2.30. The quantitative estimate of drug-likeness (QED) is 0.747. The number of ether oxygens (including phenoxy) is 2. The molecule has 0 spiro atoms. The minimum Gasteiger partial charge on any atom is -0.382 e. The van der Waals surface area contributed by atoms with E-state index in [-0.39, 0.29) is 24.2 Å². The number of nitrogen functional groups attached to an aromatic ring is 1. The van der Waals surface area contributed by atoms with Crippen molar-refractivity contribution in [3.05, 3.63) is 12.7 Å². The van der Waals surface area contributed by atoms with Crippen LogP contribution in [0.15, 0.2) is 12.7 Å². The molecule has 8 heteroatoms. The van der Waals surface area contributed by atoms with Crippen molar-refractivity contribution in [3.63, 3.8) is 0 Å². The summed E-state index contributed by atoms with van der Waals surface area (Å²) in [4.78, 5) is 12.5. The molecule has 0 unspecified atom stereocenters. The molecule has 2 aromatic rings. The fourth-order valence-electron chi connectivity index (χ4n) is 3.11. The molecule has 0 radical (unpaired) electrons. The van der Waals surface area contributed by atoms with Crippen LogP contribution in [0.2, 0.25) is 0 Å². The van der Waals surface area contributed by atoms with Gasteiger partial charge in [-0.2, -0.15) is 0 Å². The molecule has 4 rings (SSSR count). The van der Waals surface area contributed by atoms with Gasteiger partial charge in [0.15, 0.2) is 11.5 Å². The summed E-state index contributed by atoms with van der Waals surface area (Å²) in [5.41, 5.74) is 12.9. The van der Waals surface area contributed by atoms with Crippen LogP contribution in [0.4, 0.5) is 5.82 Å². The Morgan fingerprint density at radius 1 is 1.20 bits per heavy atom. The smallest absolute Gasteiger partial charge is 0.165 e. The maximum atomic E-state index is 5.87. The minimum atomic E-state index is -0.00265. The highest BCUT2D eigenvalue weighted by Crippen LogP contribution is 2.37. The summed E-state index contributed by atoms with van der Waals surface area (Å²) in [7, 11) is 0. The second-order valence-electron chi connectivity index (χ2n) is 5.24. The summed E-state index contributed by atoms with van der Waals surface area (Å²) in [6, 6.07) is 0.0517. The molecule has 0 amide bonds. The maximum Gasteiger partial charge on any atom is 0.165 e. The van der Waals surface area contributed by atoms with Crippen LogP contribution in [0, 0.1) is 5.92 Å². The number of hydrogen-bond acceptors (Lipinski definition) is 7. The van der Waals surface area contributed by atoms with E-state index < -0.39 is 0 Å². The van der Waals surface area contributed by atoms with Crippen molar-refractivity contribution in [2.75, 3.05) is 25.5 Å². The minimum absolute atomic E-state index is 0.00265. The van der Waals surface area contributed by atoms with E-state index >= 15 is 0 Å². The van der Waals surface area contributed by atoms with Crippen molar-refractivity contribution in [1.82, 2.24) is 19.5 Å². The van der Waals surface area contributed by atoms with Gasteiger partial charge in [-0.15, -0.1) is 0 Å². The molecule has 2 aromatic heterocycles. The summed E-state index contributed by atoms with van der Waals surface area (Å²) in [5, 5.41) is 0. The molecule has 8 nitrogen and oxygen atoms in total. The molecule has 0 saturated carbocycles. The Labute approximate surface area is 115 Å². The average molecular weight is 276 g/mol. The van der Waals surface area contributed by atoms with Crippen LogP contribution in [0.1, 0.15) is 6.04 Å². The zero-order valence-corrected chi connectivity index (χ0v) is 10.8. The number of hydrogen-bond donors (Lipinski definition) is 2. The number of aromatic nitrogens is 4. The summed E-state index contributed by atoms with van der Waals surface area (Å²) in [6.07, 6.45) is 3.23. The van der Waals surface area contributed by atoms with Gasteiger partial charge in [0.1, 0.15) is 17.9 Å². The van der Waals surface area contributed by atoms with Gasteiger partial charge in [0.2, 0.25) is 0 Å². The number of fused-ring (bicyclic) bond motifs is 2. The molecule has 0 aliphatic carbocycles. The summed E-state index contributed by atoms with van der Waals surface area (Å²) in [5.74, 6) is 0.649. The van der Waals surface area contributed by atoms with Crippen molar-refractivity contribution in [2.45, 2.75) is 18.2 Å². The average Bonchev–Trinajstić information content (AvgIpc) is 3.11. The van der Waals surface area contributed by atoms with Crippen LogP contribution in [-0.2, 0) is 9.47 Å². The molecule has 4 N–H and O–H groups in total. The standard InChI is InChI=1S/C12H16N6O2/c13-1-6-2-19-10-7(3-20-9(6)10)18-5-17-8-11(14)15-4-16-12(8)18/h4-7,9-10H,1-3,13H2,(H2,14,15,16)/t6-,7+,9-,10-/m1/s1. The Balaban J connectivity index is 1.72. The van der Waals surface area contributed by atoms with Gasteiger partial charge in [-0.25, -0.2) is 15.0 Å². The van der Waals surface area contributed by atoms with E-state index in [4.69, 9.17) is 20.9 Å². The molecule has 0 aromatic carbocycles. The first-order chi connectivity index (χ1) is 9.79. The van der Waals surface area contributed by atoms with Crippen molar-refractivity contribution in [1.29, 1.82) is 0 Å². The van der Waals surface area contributed by atoms with E-state index in [2.05, 4.69) is 15.0 Å². The van der Waals surface area contributed by atoms with Crippen molar-refractivity contribution in [2.24, 2.45) is 11.7 Å². The monoisotopic (exact) mass is 276 g/mol.